The van der Waals surface area contributed by atoms with Crippen LogP contribution in [0.2, 0.25) is 0 Å². The van der Waals surface area contributed by atoms with E-state index in [0.29, 0.717) is 4.58 Å². The number of rotatable bonds is 4. The summed E-state index contributed by atoms with van der Waals surface area (Å²) < 4.78 is 0.484. The largest absolute Gasteiger partial charge is 0.323 e. The maximum atomic E-state index is 12.2. The third-order valence-electron chi connectivity index (χ3n) is 3.37. The summed E-state index contributed by atoms with van der Waals surface area (Å²) in [6.45, 7) is 0. The first-order valence-corrected chi connectivity index (χ1v) is 10.6. The number of anilines is 2. The van der Waals surface area contributed by atoms with Gasteiger partial charge in [0.15, 0.2) is 0 Å². The maximum absolute atomic E-state index is 12.2. The molecule has 6 heteroatoms. The van der Waals surface area contributed by atoms with Gasteiger partial charge >= 0.3 is 6.03 Å². The first kappa shape index (κ1) is 16.6. The Kier molecular flexibility index (Phi) is 5.80. The molecular formula is C17H18N2OS3. The number of benzene rings is 2. The van der Waals surface area contributed by atoms with Gasteiger partial charge < -0.3 is 10.6 Å². The van der Waals surface area contributed by atoms with Gasteiger partial charge in [-0.3, -0.25) is 0 Å². The third kappa shape index (κ3) is 4.62. The van der Waals surface area contributed by atoms with Crippen LogP contribution in [0, 0.1) is 0 Å². The zero-order valence-corrected chi connectivity index (χ0v) is 15.2. The monoisotopic (exact) mass is 362 g/mol. The quantitative estimate of drug-likeness (QED) is 0.702. The van der Waals surface area contributed by atoms with E-state index in [-0.39, 0.29) is 6.03 Å². The average Bonchev–Trinajstić information content (AvgIpc) is 3.09. The lowest BCUT2D eigenvalue weighted by Gasteiger charge is -2.12. The first-order chi connectivity index (χ1) is 11.2. The summed E-state index contributed by atoms with van der Waals surface area (Å²) in [5, 5.41) is 5.80. The predicted octanol–water partition coefficient (Wildman–Crippen LogP) is 5.53. The van der Waals surface area contributed by atoms with Gasteiger partial charge in [0.1, 0.15) is 0 Å². The molecule has 2 amide bonds. The molecule has 2 aromatic rings. The Morgan fingerprint density at radius 3 is 2.39 bits per heavy atom. The van der Waals surface area contributed by atoms with Crippen molar-refractivity contribution in [2.24, 2.45) is 0 Å². The summed E-state index contributed by atoms with van der Waals surface area (Å²) in [5.41, 5.74) is 2.89. The molecule has 1 aliphatic rings. The summed E-state index contributed by atoms with van der Waals surface area (Å²) in [5.74, 6) is 2.39. The molecule has 1 heterocycles. The van der Waals surface area contributed by atoms with Crippen LogP contribution < -0.4 is 10.6 Å². The zero-order chi connectivity index (χ0) is 16.1. The highest BCUT2D eigenvalue weighted by Crippen LogP contribution is 2.45. The molecule has 1 fully saturated rings. The van der Waals surface area contributed by atoms with Crippen LogP contribution in [0.5, 0.6) is 0 Å². The number of carbonyl (C=O) groups excluding carboxylic acids is 1. The summed E-state index contributed by atoms with van der Waals surface area (Å²) >= 11 is 5.58. The highest BCUT2D eigenvalue weighted by atomic mass is 32.2. The van der Waals surface area contributed by atoms with E-state index in [4.69, 9.17) is 0 Å². The second kappa shape index (κ2) is 8.04. The summed E-state index contributed by atoms with van der Waals surface area (Å²) in [7, 11) is 0. The van der Waals surface area contributed by atoms with Crippen LogP contribution in [0.3, 0.4) is 0 Å². The van der Waals surface area contributed by atoms with Gasteiger partial charge in [0.2, 0.25) is 0 Å². The molecule has 0 unspecified atom stereocenters. The Hall–Kier alpha value is -1.24. The fraction of sp³-hybridized carbons (Fsp3) is 0.235. The molecule has 23 heavy (non-hydrogen) atoms. The van der Waals surface area contributed by atoms with E-state index in [1.165, 1.54) is 17.1 Å². The van der Waals surface area contributed by atoms with Gasteiger partial charge in [-0.05, 0) is 42.2 Å². The molecule has 1 aliphatic heterocycles. The number of nitrogens with one attached hydrogen (secondary N) is 2. The minimum absolute atomic E-state index is 0.216. The van der Waals surface area contributed by atoms with Gasteiger partial charge in [0.05, 0.1) is 4.58 Å². The number of hydrogen-bond donors (Lipinski definition) is 2. The molecule has 0 aliphatic carbocycles. The van der Waals surface area contributed by atoms with Crippen molar-refractivity contribution in [3.63, 3.8) is 0 Å². The molecule has 0 radical (unpaired) electrons. The summed E-state index contributed by atoms with van der Waals surface area (Å²) in [4.78, 5) is 13.3. The highest BCUT2D eigenvalue weighted by molar-refractivity contribution is 8.19. The van der Waals surface area contributed by atoms with E-state index in [1.54, 1.807) is 11.8 Å². The number of hydrogen-bond acceptors (Lipinski definition) is 4. The molecule has 1 saturated heterocycles. The van der Waals surface area contributed by atoms with Crippen molar-refractivity contribution in [2.75, 3.05) is 28.4 Å². The number of urea groups is 1. The Morgan fingerprint density at radius 2 is 1.70 bits per heavy atom. The molecule has 0 saturated carbocycles. The lowest BCUT2D eigenvalue weighted by atomic mass is 10.2. The standard InChI is InChI=1S/C17H18N2OS3/c1-21-15-7-3-6-14(11-15)19-17(20)18-13-5-2-4-12(10-13)16-22-8-9-23-16/h2-7,10-11,16H,8-9H2,1H3,(H2,18,19,20). The molecule has 3 rings (SSSR count). The van der Waals surface area contributed by atoms with Gasteiger partial charge in [-0.25, -0.2) is 4.79 Å². The Morgan fingerprint density at radius 1 is 1.04 bits per heavy atom. The third-order valence-corrected chi connectivity index (χ3v) is 7.20. The summed E-state index contributed by atoms with van der Waals surface area (Å²) in [6.07, 6.45) is 2.02. The molecule has 3 nitrogen and oxygen atoms in total. The van der Waals surface area contributed by atoms with Crippen LogP contribution in [0.15, 0.2) is 53.4 Å². The highest BCUT2D eigenvalue weighted by Gasteiger charge is 2.18. The molecule has 2 N–H and O–H groups in total. The minimum atomic E-state index is -0.216. The average molecular weight is 363 g/mol. The molecule has 0 atom stereocenters. The fourth-order valence-electron chi connectivity index (χ4n) is 2.31. The van der Waals surface area contributed by atoms with Crippen LogP contribution in [0.4, 0.5) is 16.2 Å². The SMILES string of the molecule is CSc1cccc(NC(=O)Nc2cccc(C3SCCS3)c2)c1. The van der Waals surface area contributed by atoms with Crippen LogP contribution in [0.1, 0.15) is 10.1 Å². The Labute approximate surface area is 149 Å². The minimum Gasteiger partial charge on any atom is -0.308 e. The van der Waals surface area contributed by atoms with E-state index in [9.17, 15) is 4.79 Å². The lowest BCUT2D eigenvalue weighted by Crippen LogP contribution is -2.19. The van der Waals surface area contributed by atoms with Gasteiger partial charge in [0, 0.05) is 27.8 Å². The van der Waals surface area contributed by atoms with Crippen molar-refractivity contribution in [2.45, 2.75) is 9.48 Å². The Balaban J connectivity index is 1.64. The van der Waals surface area contributed by atoms with E-state index >= 15 is 0 Å². The van der Waals surface area contributed by atoms with Gasteiger partial charge in [-0.2, -0.15) is 0 Å². The van der Waals surface area contributed by atoms with E-state index < -0.39 is 0 Å². The fourth-order valence-corrected chi connectivity index (χ4v) is 5.61. The molecule has 2 aromatic carbocycles. The second-order valence-electron chi connectivity index (χ2n) is 5.01. The van der Waals surface area contributed by atoms with Crippen LogP contribution in [-0.4, -0.2) is 23.8 Å². The molecule has 0 bridgehead atoms. The van der Waals surface area contributed by atoms with Gasteiger partial charge in [-0.1, -0.05) is 18.2 Å². The zero-order valence-electron chi connectivity index (χ0n) is 12.7. The second-order valence-corrected chi connectivity index (χ2v) is 8.61. The Bertz CT molecular complexity index is 687. The lowest BCUT2D eigenvalue weighted by molar-refractivity contribution is 0.262. The van der Waals surface area contributed by atoms with E-state index in [1.807, 2.05) is 66.2 Å². The molecule has 0 aromatic heterocycles. The van der Waals surface area contributed by atoms with Crippen molar-refractivity contribution in [3.05, 3.63) is 54.1 Å². The van der Waals surface area contributed by atoms with Crippen molar-refractivity contribution >= 4 is 52.7 Å². The topological polar surface area (TPSA) is 41.1 Å². The van der Waals surface area contributed by atoms with Crippen molar-refractivity contribution < 1.29 is 4.79 Å². The molecule has 120 valence electrons. The van der Waals surface area contributed by atoms with Crippen molar-refractivity contribution in [1.82, 2.24) is 0 Å². The number of thioether (sulfide) groups is 3. The molecule has 0 spiro atoms. The summed E-state index contributed by atoms with van der Waals surface area (Å²) in [6, 6.07) is 15.7. The van der Waals surface area contributed by atoms with E-state index in [2.05, 4.69) is 22.8 Å². The first-order valence-electron chi connectivity index (χ1n) is 7.30. The van der Waals surface area contributed by atoms with Crippen molar-refractivity contribution in [3.8, 4) is 0 Å². The maximum Gasteiger partial charge on any atom is 0.323 e. The van der Waals surface area contributed by atoms with Crippen LogP contribution >= 0.6 is 35.3 Å². The van der Waals surface area contributed by atoms with Gasteiger partial charge in [-0.15, -0.1) is 35.3 Å². The number of amides is 2. The number of carbonyl (C=O) groups is 1. The predicted molar refractivity (Wildman–Crippen MR) is 105 cm³/mol. The smallest absolute Gasteiger partial charge is 0.308 e. The van der Waals surface area contributed by atoms with E-state index in [0.717, 1.165) is 16.3 Å². The van der Waals surface area contributed by atoms with Crippen LogP contribution in [0.25, 0.3) is 0 Å². The molecular weight excluding hydrogens is 344 g/mol. The van der Waals surface area contributed by atoms with Crippen LogP contribution in [-0.2, 0) is 0 Å². The normalized spacial score (nSPS) is 14.7. The van der Waals surface area contributed by atoms with Crippen molar-refractivity contribution in [1.29, 1.82) is 0 Å². The van der Waals surface area contributed by atoms with Gasteiger partial charge in [0.25, 0.3) is 0 Å².